The minimum atomic E-state index is -4.64. The van der Waals surface area contributed by atoms with Crippen LogP contribution in [0.2, 0.25) is 0 Å². The predicted molar refractivity (Wildman–Crippen MR) is 136 cm³/mol. The molecule has 0 saturated carbocycles. The third-order valence-corrected chi connectivity index (χ3v) is 6.84. The van der Waals surface area contributed by atoms with E-state index in [-0.39, 0.29) is 17.9 Å². The first kappa shape index (κ1) is 28.2. The maximum atomic E-state index is 12.9. The number of aromatic nitrogens is 3. The molecule has 0 aromatic carbocycles. The number of nitrogens with zero attached hydrogens (tertiary/aromatic N) is 5. The Kier molecular flexibility index (Phi) is 9.16. The van der Waals surface area contributed by atoms with Crippen LogP contribution in [0, 0.1) is 12.8 Å². The molecule has 2 aromatic heterocycles. The van der Waals surface area contributed by atoms with E-state index in [1.54, 1.807) is 13.4 Å². The number of carbonyl (C=O) groups excluding carboxylic acids is 1. The van der Waals surface area contributed by atoms with Gasteiger partial charge in [-0.1, -0.05) is 0 Å². The number of fused-ring (bicyclic) bond motifs is 1. The molecule has 0 aliphatic carbocycles. The van der Waals surface area contributed by atoms with Gasteiger partial charge in [0.15, 0.2) is 0 Å². The van der Waals surface area contributed by atoms with E-state index in [9.17, 15) is 4.79 Å². The van der Waals surface area contributed by atoms with Gasteiger partial charge in [-0.05, 0) is 25.8 Å². The molecule has 3 aliphatic heterocycles. The first-order valence-electron chi connectivity index (χ1n) is 12.5. The van der Waals surface area contributed by atoms with Crippen LogP contribution in [0.4, 0.5) is 5.69 Å². The Bertz CT molecular complexity index is 1160. The van der Waals surface area contributed by atoms with Gasteiger partial charge in [0, 0.05) is 50.6 Å². The highest BCUT2D eigenvalue weighted by atomic mass is 31.2. The molecule has 13 nitrogen and oxygen atoms in total. The number of anilines is 1. The summed E-state index contributed by atoms with van der Waals surface area (Å²) in [7, 11) is -3.01. The summed E-state index contributed by atoms with van der Waals surface area (Å²) >= 11 is 0. The third-order valence-electron chi connectivity index (χ3n) is 6.84. The van der Waals surface area contributed by atoms with Crippen LogP contribution in [0.5, 0.6) is 11.8 Å². The molecular formula is C24H34N5O8P. The van der Waals surface area contributed by atoms with E-state index in [2.05, 4.69) is 25.9 Å². The summed E-state index contributed by atoms with van der Waals surface area (Å²) in [5, 5.41) is 0. The van der Waals surface area contributed by atoms with Gasteiger partial charge < -0.3 is 38.7 Å². The Hall–Kier alpha value is -2.83. The number of phosphoric acid groups is 1. The van der Waals surface area contributed by atoms with Crippen LogP contribution in [0.25, 0.3) is 0 Å². The van der Waals surface area contributed by atoms with Crippen molar-refractivity contribution in [3.05, 3.63) is 35.4 Å². The van der Waals surface area contributed by atoms with Crippen LogP contribution in [-0.4, -0.2) is 86.5 Å². The monoisotopic (exact) mass is 551 g/mol. The highest BCUT2D eigenvalue weighted by molar-refractivity contribution is 7.45. The van der Waals surface area contributed by atoms with Crippen LogP contribution >= 0.6 is 7.82 Å². The summed E-state index contributed by atoms with van der Waals surface area (Å²) in [6.07, 6.45) is 6.65. The number of ether oxygens (including phenoxy) is 3. The van der Waals surface area contributed by atoms with E-state index in [1.807, 2.05) is 18.0 Å². The summed E-state index contributed by atoms with van der Waals surface area (Å²) < 4.78 is 25.9. The zero-order chi connectivity index (χ0) is 27.3. The van der Waals surface area contributed by atoms with Crippen molar-refractivity contribution in [3.8, 4) is 11.8 Å². The SMILES string of the molecule is COc1ncc(N2CCc3ncnc(OC4CCN(C(=O)C5CCOCC5)C4)c3C2)cc1C.O=P(O)(O)O. The number of hydrogen-bond donors (Lipinski definition) is 3. The van der Waals surface area contributed by atoms with E-state index in [0.717, 1.165) is 61.3 Å². The van der Waals surface area contributed by atoms with Crippen LogP contribution in [0.3, 0.4) is 0 Å². The Morgan fingerprint density at radius 3 is 2.53 bits per heavy atom. The molecule has 38 heavy (non-hydrogen) atoms. The van der Waals surface area contributed by atoms with Crippen molar-refractivity contribution < 1.29 is 38.3 Å². The van der Waals surface area contributed by atoms with Gasteiger partial charge in [-0.25, -0.2) is 19.5 Å². The molecule has 2 fully saturated rings. The molecule has 5 rings (SSSR count). The smallest absolute Gasteiger partial charge is 0.466 e. The van der Waals surface area contributed by atoms with Crippen LogP contribution in [0.1, 0.15) is 36.1 Å². The number of hydrogen-bond acceptors (Lipinski definition) is 9. The molecule has 2 saturated heterocycles. The summed E-state index contributed by atoms with van der Waals surface area (Å²) in [5.41, 5.74) is 4.10. The van der Waals surface area contributed by atoms with E-state index in [4.69, 9.17) is 33.5 Å². The molecule has 208 valence electrons. The van der Waals surface area contributed by atoms with Crippen LogP contribution in [0.15, 0.2) is 18.6 Å². The van der Waals surface area contributed by atoms with Crippen molar-refractivity contribution in [2.24, 2.45) is 5.92 Å². The van der Waals surface area contributed by atoms with Crippen molar-refractivity contribution in [2.75, 3.05) is 44.9 Å². The first-order valence-corrected chi connectivity index (χ1v) is 14.1. The maximum absolute atomic E-state index is 12.9. The van der Waals surface area contributed by atoms with Crippen molar-refractivity contribution in [3.63, 3.8) is 0 Å². The number of methoxy groups -OCH3 is 1. The van der Waals surface area contributed by atoms with Gasteiger partial charge in [-0.15, -0.1) is 0 Å². The number of rotatable bonds is 5. The van der Waals surface area contributed by atoms with Gasteiger partial charge in [0.1, 0.15) is 12.4 Å². The molecule has 5 heterocycles. The molecular weight excluding hydrogens is 517 g/mol. The number of carbonyl (C=O) groups is 1. The third kappa shape index (κ3) is 7.39. The average molecular weight is 552 g/mol. The Labute approximate surface area is 221 Å². The lowest BCUT2D eigenvalue weighted by Crippen LogP contribution is -2.38. The molecule has 1 atom stereocenters. The summed E-state index contributed by atoms with van der Waals surface area (Å²) in [6.45, 7) is 6.22. The second kappa shape index (κ2) is 12.4. The number of aryl methyl sites for hydroxylation is 1. The van der Waals surface area contributed by atoms with Crippen molar-refractivity contribution >= 4 is 19.4 Å². The van der Waals surface area contributed by atoms with Crippen molar-refractivity contribution in [2.45, 2.75) is 45.3 Å². The lowest BCUT2D eigenvalue weighted by molar-refractivity contribution is -0.137. The van der Waals surface area contributed by atoms with Gasteiger partial charge >= 0.3 is 7.82 Å². The fraction of sp³-hybridized carbons (Fsp3) is 0.583. The zero-order valence-corrected chi connectivity index (χ0v) is 22.4. The Balaban J connectivity index is 0.000000617. The van der Waals surface area contributed by atoms with Crippen LogP contribution in [-0.2, 0) is 27.1 Å². The first-order chi connectivity index (χ1) is 18.1. The van der Waals surface area contributed by atoms with Crippen molar-refractivity contribution in [1.29, 1.82) is 0 Å². The maximum Gasteiger partial charge on any atom is 0.466 e. The molecule has 0 radical (unpaired) electrons. The van der Waals surface area contributed by atoms with E-state index < -0.39 is 7.82 Å². The highest BCUT2D eigenvalue weighted by Gasteiger charge is 2.34. The highest BCUT2D eigenvalue weighted by Crippen LogP contribution is 2.31. The lowest BCUT2D eigenvalue weighted by atomic mass is 9.99. The second-order valence-corrected chi connectivity index (χ2v) is 10.5. The topological polar surface area (TPSA) is 168 Å². The summed E-state index contributed by atoms with van der Waals surface area (Å²) in [4.78, 5) is 52.1. The quantitative estimate of drug-likeness (QED) is 0.455. The van der Waals surface area contributed by atoms with Gasteiger partial charge in [0.25, 0.3) is 0 Å². The molecule has 0 spiro atoms. The van der Waals surface area contributed by atoms with Gasteiger partial charge in [0.05, 0.1) is 43.3 Å². The van der Waals surface area contributed by atoms with Gasteiger partial charge in [0.2, 0.25) is 17.7 Å². The molecule has 3 N–H and O–H groups in total. The minimum Gasteiger partial charge on any atom is -0.481 e. The lowest BCUT2D eigenvalue weighted by Gasteiger charge is -2.31. The Morgan fingerprint density at radius 1 is 1.11 bits per heavy atom. The average Bonchev–Trinajstić information content (AvgIpc) is 3.36. The molecule has 0 bridgehead atoms. The molecule has 1 unspecified atom stereocenters. The Morgan fingerprint density at radius 2 is 1.84 bits per heavy atom. The fourth-order valence-electron chi connectivity index (χ4n) is 4.96. The normalized spacial score (nSPS) is 19.9. The van der Waals surface area contributed by atoms with E-state index in [1.165, 1.54) is 0 Å². The number of pyridine rings is 1. The minimum absolute atomic E-state index is 0.0481. The molecule has 14 heteroatoms. The van der Waals surface area contributed by atoms with E-state index >= 15 is 0 Å². The molecule has 3 aliphatic rings. The standard InChI is InChI=1S/C24H31N5O4.H3O4P/c1-16-11-18(12-25-22(16)31-2)28-8-4-21-20(14-28)23(27-15-26-21)33-19-3-7-29(13-19)24(30)17-5-9-32-10-6-17;1-5(2,3)4/h11-12,15,17,19H,3-10,13-14H2,1-2H3;(H3,1,2,3,4). The number of likely N-dealkylation sites (tertiary alicyclic amines) is 1. The summed E-state index contributed by atoms with van der Waals surface area (Å²) in [5.74, 6) is 1.60. The fourth-order valence-corrected chi connectivity index (χ4v) is 4.96. The predicted octanol–water partition coefficient (Wildman–Crippen LogP) is 1.23. The second-order valence-electron chi connectivity index (χ2n) is 9.51. The van der Waals surface area contributed by atoms with Gasteiger partial charge in [-0.3, -0.25) is 4.79 Å². The molecule has 1 amide bonds. The van der Waals surface area contributed by atoms with E-state index in [0.29, 0.717) is 38.1 Å². The van der Waals surface area contributed by atoms with Crippen LogP contribution < -0.4 is 14.4 Å². The summed E-state index contributed by atoms with van der Waals surface area (Å²) in [6, 6.07) is 2.10. The number of amides is 1. The molecule has 2 aromatic rings. The van der Waals surface area contributed by atoms with Gasteiger partial charge in [-0.2, -0.15) is 0 Å². The van der Waals surface area contributed by atoms with Crippen molar-refractivity contribution in [1.82, 2.24) is 19.9 Å². The zero-order valence-electron chi connectivity index (χ0n) is 21.5. The largest absolute Gasteiger partial charge is 0.481 e.